The van der Waals surface area contributed by atoms with Crippen LogP contribution in [-0.2, 0) is 9.59 Å². The Bertz CT molecular complexity index is 1500. The van der Waals surface area contributed by atoms with Crippen molar-refractivity contribution in [1.29, 1.82) is 0 Å². The molecule has 3 amide bonds. The van der Waals surface area contributed by atoms with Crippen molar-refractivity contribution < 1.29 is 41.4 Å². The summed E-state index contributed by atoms with van der Waals surface area (Å²) in [6.45, 7) is -1.52. The molecule has 5 rings (SSSR count). The fourth-order valence-electron chi connectivity index (χ4n) is 4.90. The number of amides is 3. The van der Waals surface area contributed by atoms with Gasteiger partial charge in [0.05, 0.1) is 17.8 Å². The van der Waals surface area contributed by atoms with E-state index >= 15 is 0 Å². The molecule has 214 valence electrons. The van der Waals surface area contributed by atoms with Crippen molar-refractivity contribution in [2.75, 3.05) is 31.6 Å². The van der Waals surface area contributed by atoms with Crippen LogP contribution in [-0.4, -0.2) is 66.4 Å². The van der Waals surface area contributed by atoms with E-state index in [1.54, 1.807) is 31.2 Å². The molecule has 0 aromatic heterocycles. The highest BCUT2D eigenvalue weighted by molar-refractivity contribution is 6.10. The number of carbonyl (C=O) groups excluding carboxylic acids is 3. The minimum atomic E-state index is -2.96. The molecular formula is C29H25F4N3O5. The molecule has 8 nitrogen and oxygen atoms in total. The fourth-order valence-corrected chi connectivity index (χ4v) is 4.90. The predicted molar refractivity (Wildman–Crippen MR) is 140 cm³/mol. The summed E-state index contributed by atoms with van der Waals surface area (Å²) in [5.74, 6) is -1.02. The second-order valence-electron chi connectivity index (χ2n) is 9.62. The lowest BCUT2D eigenvalue weighted by molar-refractivity contribution is -0.137. The number of hydrogen-bond donors (Lipinski definition) is 1. The van der Waals surface area contributed by atoms with E-state index in [2.05, 4.69) is 10.1 Å². The Morgan fingerprint density at radius 3 is 2.51 bits per heavy atom. The van der Waals surface area contributed by atoms with Crippen LogP contribution < -0.4 is 14.8 Å². The smallest absolute Gasteiger partial charge is 0.387 e. The Balaban J connectivity index is 1.28. The lowest BCUT2D eigenvalue weighted by Gasteiger charge is -2.39. The number of carbonyl (C=O) groups is 3. The Hall–Kier alpha value is -4.61. The van der Waals surface area contributed by atoms with Gasteiger partial charge in [-0.2, -0.15) is 8.78 Å². The van der Waals surface area contributed by atoms with E-state index in [0.717, 1.165) is 0 Å². The summed E-state index contributed by atoms with van der Waals surface area (Å²) >= 11 is 0. The van der Waals surface area contributed by atoms with Gasteiger partial charge in [0, 0.05) is 18.7 Å². The van der Waals surface area contributed by atoms with Crippen LogP contribution >= 0.6 is 0 Å². The number of benzene rings is 3. The lowest BCUT2D eigenvalue weighted by atomic mass is 9.99. The monoisotopic (exact) mass is 571 g/mol. The van der Waals surface area contributed by atoms with Crippen molar-refractivity contribution in [2.45, 2.75) is 26.0 Å². The molecule has 1 N–H and O–H groups in total. The molecular weight excluding hydrogens is 546 g/mol. The zero-order chi connectivity index (χ0) is 29.3. The third-order valence-electron chi connectivity index (χ3n) is 7.00. The number of hydrogen-bond acceptors (Lipinski definition) is 5. The first-order valence-electron chi connectivity index (χ1n) is 12.7. The standard InChI is InChI=1S/C29H25F4N3O5/c1-16-11-20(41-29(32)33)6-8-24(16)40-15-25(37)35-9-10-36-23(14-35)27(38)34-22-7-5-18(13-21(22)28(36)39)17-3-2-4-19(12-17)26(30)31/h2-8,11-13,23,26,29H,9-10,14-15H2,1H3,(H,34,38)/t23-/m0/s1. The van der Waals surface area contributed by atoms with Gasteiger partial charge in [-0.3, -0.25) is 14.4 Å². The molecule has 1 saturated heterocycles. The molecule has 2 heterocycles. The highest BCUT2D eigenvalue weighted by Crippen LogP contribution is 2.32. The summed E-state index contributed by atoms with van der Waals surface area (Å²) < 4.78 is 61.2. The first kappa shape index (κ1) is 27.9. The normalized spacial score (nSPS) is 16.7. The van der Waals surface area contributed by atoms with Crippen LogP contribution in [0.15, 0.2) is 60.7 Å². The van der Waals surface area contributed by atoms with Gasteiger partial charge in [0.1, 0.15) is 17.5 Å². The first-order valence-corrected chi connectivity index (χ1v) is 12.7. The molecule has 41 heavy (non-hydrogen) atoms. The SMILES string of the molecule is Cc1cc(OC(F)F)ccc1OCC(=O)N1CCN2C(=O)c3cc(-c4cccc(C(F)F)c4)ccc3NC(=O)[C@@H]2C1. The van der Waals surface area contributed by atoms with Crippen LogP contribution in [0.3, 0.4) is 0 Å². The summed E-state index contributed by atoms with van der Waals surface area (Å²) in [5.41, 5.74) is 1.91. The Morgan fingerprint density at radius 1 is 1.00 bits per heavy atom. The summed E-state index contributed by atoms with van der Waals surface area (Å²) in [6, 6.07) is 13.8. The first-order chi connectivity index (χ1) is 19.6. The number of rotatable bonds is 7. The molecule has 0 unspecified atom stereocenters. The molecule has 1 atom stereocenters. The molecule has 2 aliphatic heterocycles. The third-order valence-corrected chi connectivity index (χ3v) is 7.00. The number of fused-ring (bicyclic) bond motifs is 2. The van der Waals surface area contributed by atoms with E-state index in [4.69, 9.17) is 4.74 Å². The average molecular weight is 572 g/mol. The maximum atomic E-state index is 13.5. The average Bonchev–Trinajstić information content (AvgIpc) is 3.05. The van der Waals surface area contributed by atoms with E-state index < -0.39 is 36.8 Å². The van der Waals surface area contributed by atoms with Crippen molar-refractivity contribution >= 4 is 23.4 Å². The van der Waals surface area contributed by atoms with Crippen LogP contribution in [0.1, 0.15) is 27.9 Å². The van der Waals surface area contributed by atoms with Gasteiger partial charge in [-0.15, -0.1) is 0 Å². The molecule has 0 spiro atoms. The van der Waals surface area contributed by atoms with Crippen LogP contribution in [0.2, 0.25) is 0 Å². The Kier molecular flexibility index (Phi) is 7.82. The Labute approximate surface area is 232 Å². The highest BCUT2D eigenvalue weighted by atomic mass is 19.3. The van der Waals surface area contributed by atoms with Crippen molar-refractivity contribution in [3.05, 3.63) is 77.4 Å². The third kappa shape index (κ3) is 5.96. The zero-order valence-electron chi connectivity index (χ0n) is 21.8. The quantitative estimate of drug-likeness (QED) is 0.409. The molecule has 12 heteroatoms. The molecule has 1 fully saturated rings. The zero-order valence-corrected chi connectivity index (χ0v) is 21.8. The minimum absolute atomic E-state index is 0.0360. The number of halogens is 4. The van der Waals surface area contributed by atoms with E-state index in [0.29, 0.717) is 28.1 Å². The number of ether oxygens (including phenoxy) is 2. The van der Waals surface area contributed by atoms with Crippen molar-refractivity contribution in [2.24, 2.45) is 0 Å². The summed E-state index contributed by atoms with van der Waals surface area (Å²) in [5, 5.41) is 2.75. The number of aryl methyl sites for hydroxylation is 1. The largest absolute Gasteiger partial charge is 0.483 e. The fraction of sp³-hybridized carbons (Fsp3) is 0.276. The number of piperazine rings is 1. The lowest BCUT2D eigenvalue weighted by Crippen LogP contribution is -2.60. The maximum Gasteiger partial charge on any atom is 0.387 e. The molecule has 0 saturated carbocycles. The van der Waals surface area contributed by atoms with Crippen LogP contribution in [0.25, 0.3) is 11.1 Å². The van der Waals surface area contributed by atoms with Gasteiger partial charge in [-0.1, -0.05) is 24.3 Å². The summed E-state index contributed by atoms with van der Waals surface area (Å²) in [7, 11) is 0. The molecule has 0 bridgehead atoms. The predicted octanol–water partition coefficient (Wildman–Crippen LogP) is 4.89. The van der Waals surface area contributed by atoms with Gasteiger partial charge in [0.15, 0.2) is 6.61 Å². The van der Waals surface area contributed by atoms with Gasteiger partial charge in [-0.25, -0.2) is 8.78 Å². The van der Waals surface area contributed by atoms with Gasteiger partial charge < -0.3 is 24.6 Å². The van der Waals surface area contributed by atoms with Crippen molar-refractivity contribution in [3.63, 3.8) is 0 Å². The second-order valence-corrected chi connectivity index (χ2v) is 9.62. The molecule has 3 aromatic rings. The number of nitrogens with one attached hydrogen (secondary N) is 1. The van der Waals surface area contributed by atoms with Crippen LogP contribution in [0.5, 0.6) is 11.5 Å². The number of alkyl halides is 4. The van der Waals surface area contributed by atoms with Gasteiger partial charge >= 0.3 is 6.61 Å². The van der Waals surface area contributed by atoms with E-state index in [1.807, 2.05) is 0 Å². The van der Waals surface area contributed by atoms with Gasteiger partial charge in [0.2, 0.25) is 5.91 Å². The summed E-state index contributed by atoms with van der Waals surface area (Å²) in [6.07, 6.45) is -2.64. The van der Waals surface area contributed by atoms with Crippen LogP contribution in [0, 0.1) is 6.92 Å². The van der Waals surface area contributed by atoms with Crippen molar-refractivity contribution in [1.82, 2.24) is 9.80 Å². The topological polar surface area (TPSA) is 88.2 Å². The number of anilines is 1. The molecule has 2 aliphatic rings. The molecule has 0 aliphatic carbocycles. The number of nitrogens with zero attached hydrogens (tertiary/aromatic N) is 2. The highest BCUT2D eigenvalue weighted by Gasteiger charge is 2.40. The van der Waals surface area contributed by atoms with E-state index in [-0.39, 0.29) is 43.1 Å². The van der Waals surface area contributed by atoms with Gasteiger partial charge in [-0.05, 0) is 60.0 Å². The summed E-state index contributed by atoms with van der Waals surface area (Å²) in [4.78, 5) is 42.4. The maximum absolute atomic E-state index is 13.5. The Morgan fingerprint density at radius 2 is 1.78 bits per heavy atom. The second kappa shape index (κ2) is 11.5. The minimum Gasteiger partial charge on any atom is -0.483 e. The molecule has 3 aromatic carbocycles. The van der Waals surface area contributed by atoms with Crippen molar-refractivity contribution in [3.8, 4) is 22.6 Å². The van der Waals surface area contributed by atoms with Crippen LogP contribution in [0.4, 0.5) is 23.2 Å². The van der Waals surface area contributed by atoms with Gasteiger partial charge in [0.25, 0.3) is 18.2 Å². The van der Waals surface area contributed by atoms with E-state index in [1.165, 1.54) is 46.2 Å². The molecule has 0 radical (unpaired) electrons. The van der Waals surface area contributed by atoms with E-state index in [9.17, 15) is 31.9 Å².